The fraction of sp³-hybridized carbons (Fsp3) is 0.318. The number of aromatic nitrogens is 2. The van der Waals surface area contributed by atoms with Crippen LogP contribution in [-0.4, -0.2) is 41.0 Å². The molecule has 29 heavy (non-hydrogen) atoms. The maximum atomic E-state index is 13.2. The Hall–Kier alpha value is -2.64. The number of rotatable bonds is 7. The summed E-state index contributed by atoms with van der Waals surface area (Å²) in [7, 11) is 1.60. The van der Waals surface area contributed by atoms with E-state index < -0.39 is 0 Å². The van der Waals surface area contributed by atoms with Crippen molar-refractivity contribution in [2.24, 2.45) is 0 Å². The summed E-state index contributed by atoms with van der Waals surface area (Å²) in [4.78, 5) is 30.2. The Labute approximate surface area is 174 Å². The highest BCUT2D eigenvalue weighted by Crippen LogP contribution is 2.22. The summed E-state index contributed by atoms with van der Waals surface area (Å²) in [6.45, 7) is 6.36. The summed E-state index contributed by atoms with van der Waals surface area (Å²) >= 11 is 1.25. The molecule has 6 nitrogen and oxygen atoms in total. The smallest absolute Gasteiger partial charge is 0.266 e. The van der Waals surface area contributed by atoms with Crippen LogP contribution in [0.5, 0.6) is 0 Å². The Morgan fingerprint density at radius 2 is 1.97 bits per heavy atom. The lowest BCUT2D eigenvalue weighted by atomic mass is 10.1. The molecule has 0 spiro atoms. The van der Waals surface area contributed by atoms with E-state index in [-0.39, 0.29) is 23.3 Å². The van der Waals surface area contributed by atoms with E-state index in [4.69, 9.17) is 4.74 Å². The summed E-state index contributed by atoms with van der Waals surface area (Å²) in [5.74, 6) is 0.0255. The van der Waals surface area contributed by atoms with Crippen LogP contribution in [0.25, 0.3) is 16.6 Å². The SMILES string of the molecule is COCC(C)NC(=O)CSc1nc2ccccc2c(=O)n1-c1ccc(C)c(C)c1. The molecule has 1 N–H and O–H groups in total. The number of hydrogen-bond acceptors (Lipinski definition) is 5. The van der Waals surface area contributed by atoms with Crippen molar-refractivity contribution in [2.45, 2.75) is 32.0 Å². The number of amides is 1. The quantitative estimate of drug-likeness (QED) is 0.477. The van der Waals surface area contributed by atoms with Gasteiger partial charge in [-0.25, -0.2) is 4.98 Å². The standard InChI is InChI=1S/C22H25N3O3S/c1-14-9-10-17(11-15(14)2)25-21(27)18-7-5-6-8-19(18)24-22(25)29-13-20(26)23-16(3)12-28-4/h5-11,16H,12-13H2,1-4H3,(H,23,26). The molecule has 3 aromatic rings. The summed E-state index contributed by atoms with van der Waals surface area (Å²) in [6.07, 6.45) is 0. The second-order valence-corrected chi connectivity index (χ2v) is 7.98. The molecule has 1 heterocycles. The van der Waals surface area contributed by atoms with Crippen LogP contribution in [0, 0.1) is 13.8 Å². The zero-order chi connectivity index (χ0) is 21.0. The van der Waals surface area contributed by atoms with Crippen molar-refractivity contribution < 1.29 is 9.53 Å². The normalized spacial score (nSPS) is 12.1. The monoisotopic (exact) mass is 411 g/mol. The lowest BCUT2D eigenvalue weighted by Gasteiger charge is -2.15. The number of methoxy groups -OCH3 is 1. The first-order valence-electron chi connectivity index (χ1n) is 9.41. The van der Waals surface area contributed by atoms with Crippen LogP contribution in [0.1, 0.15) is 18.1 Å². The number of benzene rings is 2. The van der Waals surface area contributed by atoms with Gasteiger partial charge in [0.1, 0.15) is 0 Å². The third-order valence-electron chi connectivity index (χ3n) is 4.65. The van der Waals surface area contributed by atoms with Crippen LogP contribution < -0.4 is 10.9 Å². The van der Waals surface area contributed by atoms with Crippen LogP contribution in [0.4, 0.5) is 0 Å². The van der Waals surface area contributed by atoms with Gasteiger partial charge >= 0.3 is 0 Å². The molecule has 0 aliphatic rings. The number of carbonyl (C=O) groups is 1. The van der Waals surface area contributed by atoms with Gasteiger partial charge in [-0.2, -0.15) is 0 Å². The van der Waals surface area contributed by atoms with Crippen molar-refractivity contribution in [3.05, 3.63) is 63.9 Å². The number of hydrogen-bond donors (Lipinski definition) is 1. The van der Waals surface area contributed by atoms with Crippen molar-refractivity contribution in [2.75, 3.05) is 19.5 Å². The van der Waals surface area contributed by atoms with E-state index in [0.29, 0.717) is 22.7 Å². The molecule has 152 valence electrons. The minimum atomic E-state index is -0.144. The van der Waals surface area contributed by atoms with Gasteiger partial charge in [-0.05, 0) is 56.2 Å². The average molecular weight is 412 g/mol. The van der Waals surface area contributed by atoms with Gasteiger partial charge in [0, 0.05) is 13.2 Å². The zero-order valence-corrected chi connectivity index (χ0v) is 17.9. The van der Waals surface area contributed by atoms with E-state index in [1.54, 1.807) is 17.7 Å². The molecule has 7 heteroatoms. The molecule has 0 aliphatic heterocycles. The fourth-order valence-electron chi connectivity index (χ4n) is 3.04. The van der Waals surface area contributed by atoms with Gasteiger partial charge in [0.25, 0.3) is 5.56 Å². The molecule has 0 radical (unpaired) electrons. The number of aryl methyl sites for hydroxylation is 2. The Balaban J connectivity index is 2.00. The van der Waals surface area contributed by atoms with Crippen molar-refractivity contribution in [3.8, 4) is 5.69 Å². The highest BCUT2D eigenvalue weighted by molar-refractivity contribution is 7.99. The van der Waals surface area contributed by atoms with E-state index in [2.05, 4.69) is 10.3 Å². The highest BCUT2D eigenvalue weighted by atomic mass is 32.2. The predicted octanol–water partition coefficient (Wildman–Crippen LogP) is 3.25. The highest BCUT2D eigenvalue weighted by Gasteiger charge is 2.16. The van der Waals surface area contributed by atoms with Crippen LogP contribution in [0.3, 0.4) is 0 Å². The van der Waals surface area contributed by atoms with E-state index in [1.165, 1.54) is 11.8 Å². The summed E-state index contributed by atoms with van der Waals surface area (Å²) in [5.41, 5.74) is 3.45. The van der Waals surface area contributed by atoms with Crippen molar-refractivity contribution in [1.29, 1.82) is 0 Å². The molecule has 0 fully saturated rings. The van der Waals surface area contributed by atoms with Gasteiger partial charge in [0.15, 0.2) is 5.16 Å². The fourth-order valence-corrected chi connectivity index (χ4v) is 3.86. The van der Waals surface area contributed by atoms with Crippen molar-refractivity contribution in [1.82, 2.24) is 14.9 Å². The van der Waals surface area contributed by atoms with Gasteiger partial charge in [0.05, 0.1) is 29.0 Å². The second kappa shape index (κ2) is 9.24. The van der Waals surface area contributed by atoms with Gasteiger partial charge < -0.3 is 10.1 Å². The van der Waals surface area contributed by atoms with E-state index >= 15 is 0 Å². The van der Waals surface area contributed by atoms with Gasteiger partial charge in [-0.1, -0.05) is 30.0 Å². The average Bonchev–Trinajstić information content (AvgIpc) is 2.69. The number of fused-ring (bicyclic) bond motifs is 1. The Morgan fingerprint density at radius 1 is 1.21 bits per heavy atom. The lowest BCUT2D eigenvalue weighted by molar-refractivity contribution is -0.119. The Bertz CT molecular complexity index is 1090. The number of para-hydroxylation sites is 1. The van der Waals surface area contributed by atoms with E-state index in [0.717, 1.165) is 16.8 Å². The van der Waals surface area contributed by atoms with Crippen molar-refractivity contribution in [3.63, 3.8) is 0 Å². The molecule has 0 saturated heterocycles. The molecule has 2 aromatic carbocycles. The Kier molecular flexibility index (Phi) is 6.71. The predicted molar refractivity (Wildman–Crippen MR) is 117 cm³/mol. The summed E-state index contributed by atoms with van der Waals surface area (Å²) < 4.78 is 6.64. The van der Waals surface area contributed by atoms with E-state index in [9.17, 15) is 9.59 Å². The van der Waals surface area contributed by atoms with Gasteiger partial charge in [0.2, 0.25) is 5.91 Å². The van der Waals surface area contributed by atoms with Crippen LogP contribution in [0.2, 0.25) is 0 Å². The molecular weight excluding hydrogens is 386 g/mol. The minimum Gasteiger partial charge on any atom is -0.383 e. The number of thioether (sulfide) groups is 1. The molecule has 0 aliphatic carbocycles. The number of carbonyl (C=O) groups excluding carboxylic acids is 1. The zero-order valence-electron chi connectivity index (χ0n) is 17.1. The molecule has 1 atom stereocenters. The first-order valence-corrected chi connectivity index (χ1v) is 10.4. The maximum absolute atomic E-state index is 13.2. The number of nitrogens with one attached hydrogen (secondary N) is 1. The first-order chi connectivity index (χ1) is 13.9. The van der Waals surface area contributed by atoms with Gasteiger partial charge in [-0.3, -0.25) is 14.2 Å². The van der Waals surface area contributed by atoms with Crippen molar-refractivity contribution >= 4 is 28.6 Å². The summed E-state index contributed by atoms with van der Waals surface area (Å²) in [6, 6.07) is 13.0. The van der Waals surface area contributed by atoms with Crippen LogP contribution in [0.15, 0.2) is 52.4 Å². The first kappa shape index (κ1) is 21.1. The molecule has 3 rings (SSSR count). The van der Waals surface area contributed by atoms with Gasteiger partial charge in [-0.15, -0.1) is 0 Å². The third kappa shape index (κ3) is 4.86. The largest absolute Gasteiger partial charge is 0.383 e. The molecule has 1 unspecified atom stereocenters. The number of ether oxygens (including phenoxy) is 1. The molecule has 0 bridgehead atoms. The molecule has 1 amide bonds. The number of nitrogens with zero attached hydrogens (tertiary/aromatic N) is 2. The topological polar surface area (TPSA) is 73.2 Å². The maximum Gasteiger partial charge on any atom is 0.266 e. The molecule has 0 saturated carbocycles. The minimum absolute atomic E-state index is 0.0837. The molecular formula is C22H25N3O3S. The van der Waals surface area contributed by atoms with Crippen LogP contribution in [-0.2, 0) is 9.53 Å². The third-order valence-corrected chi connectivity index (χ3v) is 5.59. The Morgan fingerprint density at radius 3 is 2.69 bits per heavy atom. The van der Waals surface area contributed by atoms with E-state index in [1.807, 2.05) is 57.2 Å². The second-order valence-electron chi connectivity index (χ2n) is 7.03. The van der Waals surface area contributed by atoms with Crippen LogP contribution >= 0.6 is 11.8 Å². The lowest BCUT2D eigenvalue weighted by Crippen LogP contribution is -2.36. The molecule has 1 aromatic heterocycles. The summed E-state index contributed by atoms with van der Waals surface area (Å²) in [5, 5.41) is 3.92.